The average molecular weight is 232 g/mol. The number of aromatic nitrogens is 1. The molecule has 4 heteroatoms. The SMILES string of the molecule is CN(C)C(=S)c1ccc2cccc(O)c2n1. The third kappa shape index (κ3) is 1.84. The van der Waals surface area contributed by atoms with Gasteiger partial charge in [-0.1, -0.05) is 30.4 Å². The second-order valence-electron chi connectivity index (χ2n) is 3.74. The zero-order chi connectivity index (χ0) is 11.7. The van der Waals surface area contributed by atoms with Crippen LogP contribution in [0.3, 0.4) is 0 Å². The minimum atomic E-state index is 0.181. The molecule has 1 heterocycles. The van der Waals surface area contributed by atoms with Gasteiger partial charge in [0, 0.05) is 19.5 Å². The van der Waals surface area contributed by atoms with Gasteiger partial charge in [0.2, 0.25) is 0 Å². The Bertz CT molecular complexity index is 552. The quantitative estimate of drug-likeness (QED) is 0.765. The van der Waals surface area contributed by atoms with Crippen molar-refractivity contribution >= 4 is 28.1 Å². The molecule has 0 fully saturated rings. The van der Waals surface area contributed by atoms with Crippen molar-refractivity contribution < 1.29 is 5.11 Å². The molecule has 0 bridgehead atoms. The third-order valence-corrected chi connectivity index (χ3v) is 2.90. The number of thiocarbonyl (C=S) groups is 1. The summed E-state index contributed by atoms with van der Waals surface area (Å²) in [5.41, 5.74) is 1.29. The van der Waals surface area contributed by atoms with Crippen molar-refractivity contribution in [2.45, 2.75) is 0 Å². The molecule has 2 aromatic rings. The van der Waals surface area contributed by atoms with Gasteiger partial charge in [0.05, 0.1) is 5.69 Å². The van der Waals surface area contributed by atoms with E-state index in [1.54, 1.807) is 12.1 Å². The van der Waals surface area contributed by atoms with Crippen LogP contribution in [-0.2, 0) is 0 Å². The summed E-state index contributed by atoms with van der Waals surface area (Å²) in [5.74, 6) is 0.181. The van der Waals surface area contributed by atoms with Crippen molar-refractivity contribution in [1.29, 1.82) is 0 Å². The number of rotatable bonds is 1. The average Bonchev–Trinajstić information content (AvgIpc) is 2.28. The van der Waals surface area contributed by atoms with Crippen LogP contribution < -0.4 is 0 Å². The van der Waals surface area contributed by atoms with Crippen molar-refractivity contribution in [2.24, 2.45) is 0 Å². The normalized spacial score (nSPS) is 10.4. The summed E-state index contributed by atoms with van der Waals surface area (Å²) in [6.07, 6.45) is 0. The highest BCUT2D eigenvalue weighted by atomic mass is 32.1. The lowest BCUT2D eigenvalue weighted by Crippen LogP contribution is -2.21. The fourth-order valence-corrected chi connectivity index (χ4v) is 1.59. The predicted octanol–water partition coefficient (Wildman–Crippen LogP) is 2.18. The van der Waals surface area contributed by atoms with Crippen LogP contribution in [0.1, 0.15) is 5.69 Å². The molecule has 0 aliphatic rings. The number of phenolic OH excluding ortho intramolecular Hbond substituents is 1. The van der Waals surface area contributed by atoms with E-state index in [0.29, 0.717) is 16.2 Å². The maximum atomic E-state index is 9.70. The van der Waals surface area contributed by atoms with E-state index in [1.165, 1.54) is 0 Å². The Hall–Kier alpha value is -1.68. The van der Waals surface area contributed by atoms with Gasteiger partial charge in [-0.2, -0.15) is 0 Å². The Morgan fingerprint density at radius 2 is 2.00 bits per heavy atom. The maximum Gasteiger partial charge on any atom is 0.141 e. The van der Waals surface area contributed by atoms with E-state index in [1.807, 2.05) is 37.2 Å². The molecule has 2 rings (SSSR count). The lowest BCUT2D eigenvalue weighted by atomic mass is 10.2. The highest BCUT2D eigenvalue weighted by molar-refractivity contribution is 7.80. The number of pyridine rings is 1. The van der Waals surface area contributed by atoms with Crippen molar-refractivity contribution in [3.8, 4) is 5.75 Å². The topological polar surface area (TPSA) is 36.4 Å². The molecule has 1 aromatic heterocycles. The number of phenols is 1. The van der Waals surface area contributed by atoms with Crippen molar-refractivity contribution in [2.75, 3.05) is 14.1 Å². The molecule has 1 aromatic carbocycles. The fraction of sp³-hybridized carbons (Fsp3) is 0.167. The number of fused-ring (bicyclic) bond motifs is 1. The Labute approximate surface area is 99.3 Å². The fourth-order valence-electron chi connectivity index (χ4n) is 1.48. The number of hydrogen-bond donors (Lipinski definition) is 1. The molecular formula is C12H12N2OS. The zero-order valence-electron chi connectivity index (χ0n) is 9.14. The van der Waals surface area contributed by atoms with Crippen LogP contribution in [0.2, 0.25) is 0 Å². The van der Waals surface area contributed by atoms with Crippen LogP contribution >= 0.6 is 12.2 Å². The molecule has 82 valence electrons. The minimum Gasteiger partial charge on any atom is -0.506 e. The summed E-state index contributed by atoms with van der Waals surface area (Å²) >= 11 is 5.23. The number of para-hydroxylation sites is 1. The Balaban J connectivity index is 2.59. The first-order chi connectivity index (χ1) is 7.59. The van der Waals surface area contributed by atoms with Crippen molar-refractivity contribution in [3.05, 3.63) is 36.0 Å². The van der Waals surface area contributed by atoms with Crippen LogP contribution in [-0.4, -0.2) is 34.1 Å². The van der Waals surface area contributed by atoms with Crippen molar-refractivity contribution in [3.63, 3.8) is 0 Å². The van der Waals surface area contributed by atoms with E-state index in [0.717, 1.165) is 5.39 Å². The lowest BCUT2D eigenvalue weighted by Gasteiger charge is -2.13. The van der Waals surface area contributed by atoms with Gasteiger partial charge in [-0.3, -0.25) is 0 Å². The number of nitrogens with zero attached hydrogens (tertiary/aromatic N) is 2. The first-order valence-electron chi connectivity index (χ1n) is 4.90. The smallest absolute Gasteiger partial charge is 0.141 e. The molecule has 16 heavy (non-hydrogen) atoms. The van der Waals surface area contributed by atoms with E-state index < -0.39 is 0 Å². The predicted molar refractivity (Wildman–Crippen MR) is 68.8 cm³/mol. The van der Waals surface area contributed by atoms with Crippen LogP contribution in [0.15, 0.2) is 30.3 Å². The zero-order valence-corrected chi connectivity index (χ0v) is 9.95. The first-order valence-corrected chi connectivity index (χ1v) is 5.31. The molecule has 0 unspecified atom stereocenters. The molecular weight excluding hydrogens is 220 g/mol. The molecule has 0 saturated heterocycles. The van der Waals surface area contributed by atoms with E-state index in [4.69, 9.17) is 12.2 Å². The van der Waals surface area contributed by atoms with Gasteiger partial charge in [-0.25, -0.2) is 4.98 Å². The number of hydrogen-bond acceptors (Lipinski definition) is 3. The molecule has 0 saturated carbocycles. The van der Waals surface area contributed by atoms with E-state index in [9.17, 15) is 5.11 Å². The van der Waals surface area contributed by atoms with Gasteiger partial charge in [0.1, 0.15) is 16.3 Å². The first kappa shape index (κ1) is 10.8. The van der Waals surface area contributed by atoms with Gasteiger partial charge in [-0.05, 0) is 12.1 Å². The third-order valence-electron chi connectivity index (χ3n) is 2.32. The standard InChI is InChI=1S/C12H12N2OS/c1-14(2)12(16)9-7-6-8-4-3-5-10(15)11(8)13-9/h3-7,15H,1-2H3. The Morgan fingerprint density at radius 3 is 2.69 bits per heavy atom. The Kier molecular flexibility index (Phi) is 2.75. The molecule has 0 radical (unpaired) electrons. The lowest BCUT2D eigenvalue weighted by molar-refractivity contribution is 0.480. The molecule has 0 aliphatic heterocycles. The van der Waals surface area contributed by atoms with E-state index in [2.05, 4.69) is 4.98 Å². The number of aromatic hydroxyl groups is 1. The highest BCUT2D eigenvalue weighted by Crippen LogP contribution is 2.22. The van der Waals surface area contributed by atoms with Crippen LogP contribution in [0.4, 0.5) is 0 Å². The highest BCUT2D eigenvalue weighted by Gasteiger charge is 2.07. The monoisotopic (exact) mass is 232 g/mol. The summed E-state index contributed by atoms with van der Waals surface area (Å²) in [7, 11) is 3.75. The summed E-state index contributed by atoms with van der Waals surface area (Å²) in [6.45, 7) is 0. The second-order valence-corrected chi connectivity index (χ2v) is 4.13. The van der Waals surface area contributed by atoms with Crippen molar-refractivity contribution in [1.82, 2.24) is 9.88 Å². The summed E-state index contributed by atoms with van der Waals surface area (Å²) in [4.78, 5) is 6.84. The summed E-state index contributed by atoms with van der Waals surface area (Å²) in [6, 6.07) is 9.10. The van der Waals surface area contributed by atoms with Gasteiger partial charge >= 0.3 is 0 Å². The minimum absolute atomic E-state index is 0.181. The van der Waals surface area contributed by atoms with Gasteiger partial charge in [0.15, 0.2) is 0 Å². The largest absolute Gasteiger partial charge is 0.506 e. The van der Waals surface area contributed by atoms with Gasteiger partial charge in [-0.15, -0.1) is 0 Å². The Morgan fingerprint density at radius 1 is 1.25 bits per heavy atom. The second kappa shape index (κ2) is 4.06. The molecule has 0 amide bonds. The van der Waals surface area contributed by atoms with Crippen LogP contribution in [0.5, 0.6) is 5.75 Å². The maximum absolute atomic E-state index is 9.70. The van der Waals surface area contributed by atoms with Crippen LogP contribution in [0.25, 0.3) is 10.9 Å². The van der Waals surface area contributed by atoms with E-state index in [-0.39, 0.29) is 5.75 Å². The summed E-state index contributed by atoms with van der Waals surface area (Å²) < 4.78 is 0. The van der Waals surface area contributed by atoms with E-state index >= 15 is 0 Å². The van der Waals surface area contributed by atoms with Crippen LogP contribution in [0, 0.1) is 0 Å². The summed E-state index contributed by atoms with van der Waals surface area (Å²) in [5, 5.41) is 10.6. The molecule has 0 atom stereocenters. The molecule has 0 spiro atoms. The van der Waals surface area contributed by atoms with Gasteiger partial charge < -0.3 is 10.0 Å². The number of benzene rings is 1. The molecule has 1 N–H and O–H groups in total. The molecule has 0 aliphatic carbocycles. The molecule has 3 nitrogen and oxygen atoms in total. The van der Waals surface area contributed by atoms with Gasteiger partial charge in [0.25, 0.3) is 0 Å².